The highest BCUT2D eigenvalue weighted by Gasteiger charge is 2.34. The minimum atomic E-state index is -0.697. The van der Waals surface area contributed by atoms with E-state index in [1.807, 2.05) is 49.4 Å². The molecule has 0 amide bonds. The highest BCUT2D eigenvalue weighted by atomic mass is 16.6. The number of rotatable bonds is 4. The summed E-state index contributed by atoms with van der Waals surface area (Å²) < 4.78 is 17.4. The summed E-state index contributed by atoms with van der Waals surface area (Å²) >= 11 is 0. The molecule has 6 heteroatoms. The van der Waals surface area contributed by atoms with Gasteiger partial charge < -0.3 is 14.2 Å². The van der Waals surface area contributed by atoms with Crippen molar-refractivity contribution < 1.29 is 14.2 Å². The predicted octanol–water partition coefficient (Wildman–Crippen LogP) is 4.20. The molecule has 0 saturated heterocycles. The molecule has 1 aliphatic heterocycles. The smallest absolute Gasteiger partial charge is 0.170 e. The molecule has 0 unspecified atom stereocenters. The van der Waals surface area contributed by atoms with Crippen molar-refractivity contribution in [3.05, 3.63) is 52.9 Å². The lowest BCUT2D eigenvalue weighted by Gasteiger charge is -2.35. The van der Waals surface area contributed by atoms with Gasteiger partial charge in [0.05, 0.1) is 13.7 Å². The molecule has 0 bridgehead atoms. The number of fused-ring (bicyclic) bond motifs is 1. The molecule has 3 rings (SSSR count). The van der Waals surface area contributed by atoms with Gasteiger partial charge in [-0.15, -0.1) is 0 Å². The first-order valence-corrected chi connectivity index (χ1v) is 7.26. The van der Waals surface area contributed by atoms with E-state index in [9.17, 15) is 0 Å². The molecule has 1 atom stereocenters. The first kappa shape index (κ1) is 15.1. The van der Waals surface area contributed by atoms with Crippen molar-refractivity contribution >= 4 is 0 Å². The Kier molecular flexibility index (Phi) is 4.00. The van der Waals surface area contributed by atoms with Crippen LogP contribution in [0.1, 0.15) is 6.92 Å². The van der Waals surface area contributed by atoms with Crippen LogP contribution in [-0.2, 0) is 0 Å². The highest BCUT2D eigenvalue weighted by Crippen LogP contribution is 2.45. The molecule has 0 saturated carbocycles. The van der Waals surface area contributed by atoms with Crippen LogP contribution in [0.3, 0.4) is 0 Å². The summed E-state index contributed by atoms with van der Waals surface area (Å²) in [7, 11) is 1.64. The van der Waals surface area contributed by atoms with Gasteiger partial charge in [-0.25, -0.2) is 0 Å². The van der Waals surface area contributed by atoms with E-state index in [0.717, 1.165) is 16.9 Å². The fourth-order valence-corrected chi connectivity index (χ4v) is 2.58. The maximum Gasteiger partial charge on any atom is 0.170 e. The molecule has 0 N–H and O–H groups in total. The van der Waals surface area contributed by atoms with Gasteiger partial charge in [0.25, 0.3) is 0 Å². The van der Waals surface area contributed by atoms with Crippen molar-refractivity contribution in [2.75, 3.05) is 20.3 Å². The average Bonchev–Trinajstić information content (AvgIpc) is 2.59. The summed E-state index contributed by atoms with van der Waals surface area (Å²) in [5, 5.41) is 3.63. The third-order valence-electron chi connectivity index (χ3n) is 3.73. The maximum absolute atomic E-state index is 8.55. The summed E-state index contributed by atoms with van der Waals surface area (Å²) in [4.78, 5) is 2.81. The number of hydrogen-bond donors (Lipinski definition) is 0. The molecule has 0 aliphatic carbocycles. The van der Waals surface area contributed by atoms with Gasteiger partial charge in [-0.05, 0) is 24.6 Å². The number of benzene rings is 2. The first-order valence-electron chi connectivity index (χ1n) is 7.26. The fourth-order valence-electron chi connectivity index (χ4n) is 2.58. The minimum absolute atomic E-state index is 0.198. The molecule has 1 heterocycles. The zero-order chi connectivity index (χ0) is 16.3. The Morgan fingerprint density at radius 2 is 2.00 bits per heavy atom. The Balaban J connectivity index is 2.07. The molecule has 0 aromatic heterocycles. The van der Waals surface area contributed by atoms with Gasteiger partial charge in [0.15, 0.2) is 11.5 Å². The Labute approximate surface area is 134 Å². The number of ether oxygens (including phenoxy) is 3. The van der Waals surface area contributed by atoms with E-state index in [4.69, 9.17) is 19.7 Å². The largest absolute Gasteiger partial charge is 0.496 e. The molecule has 118 valence electrons. The van der Waals surface area contributed by atoms with Gasteiger partial charge in [0.1, 0.15) is 18.0 Å². The van der Waals surface area contributed by atoms with Crippen molar-refractivity contribution in [3.63, 3.8) is 0 Å². The SMILES string of the molecule is COc1ccccc1-c1cccc2c1O[C@@](C)(CN=[N+]=[N-])CO2. The van der Waals surface area contributed by atoms with Gasteiger partial charge in [0.2, 0.25) is 0 Å². The van der Waals surface area contributed by atoms with Gasteiger partial charge in [-0.2, -0.15) is 0 Å². The van der Waals surface area contributed by atoms with Crippen molar-refractivity contribution in [1.82, 2.24) is 0 Å². The first-order chi connectivity index (χ1) is 11.2. The zero-order valence-corrected chi connectivity index (χ0v) is 13.0. The molecular weight excluding hydrogens is 294 g/mol. The quantitative estimate of drug-likeness (QED) is 0.482. The second kappa shape index (κ2) is 6.10. The molecule has 2 aromatic rings. The third kappa shape index (κ3) is 2.89. The van der Waals surface area contributed by atoms with Gasteiger partial charge in [-0.3, -0.25) is 0 Å². The summed E-state index contributed by atoms with van der Waals surface area (Å²) in [5.74, 6) is 2.07. The molecule has 0 radical (unpaired) electrons. The fraction of sp³-hybridized carbons (Fsp3) is 0.294. The summed E-state index contributed by atoms with van der Waals surface area (Å²) in [6.45, 7) is 2.39. The second-order valence-corrected chi connectivity index (χ2v) is 5.56. The van der Waals surface area contributed by atoms with Crippen LogP contribution in [0.25, 0.3) is 21.6 Å². The van der Waals surface area contributed by atoms with Gasteiger partial charge in [-0.1, -0.05) is 35.4 Å². The van der Waals surface area contributed by atoms with E-state index in [1.54, 1.807) is 7.11 Å². The van der Waals surface area contributed by atoms with E-state index < -0.39 is 5.60 Å². The second-order valence-electron chi connectivity index (χ2n) is 5.56. The van der Waals surface area contributed by atoms with Crippen LogP contribution in [0.15, 0.2) is 47.6 Å². The molecule has 6 nitrogen and oxygen atoms in total. The molecule has 0 fully saturated rings. The number of para-hydroxylation sites is 2. The lowest BCUT2D eigenvalue weighted by Crippen LogP contribution is -2.44. The molecule has 0 spiro atoms. The average molecular weight is 311 g/mol. The predicted molar refractivity (Wildman–Crippen MR) is 87.0 cm³/mol. The molecular formula is C17H17N3O3. The summed E-state index contributed by atoms with van der Waals surface area (Å²) in [6.07, 6.45) is 0. The third-order valence-corrected chi connectivity index (χ3v) is 3.73. The zero-order valence-electron chi connectivity index (χ0n) is 13.0. The van der Waals surface area contributed by atoms with E-state index in [0.29, 0.717) is 18.1 Å². The normalized spacial score (nSPS) is 18.9. The van der Waals surface area contributed by atoms with Crippen LogP contribution in [0, 0.1) is 0 Å². The van der Waals surface area contributed by atoms with Crippen molar-refractivity contribution in [1.29, 1.82) is 0 Å². The van der Waals surface area contributed by atoms with Crippen LogP contribution in [-0.4, -0.2) is 25.9 Å². The lowest BCUT2D eigenvalue weighted by molar-refractivity contribution is 0.0141. The molecule has 23 heavy (non-hydrogen) atoms. The number of hydrogen-bond acceptors (Lipinski definition) is 4. The lowest BCUT2D eigenvalue weighted by atomic mass is 10.0. The number of nitrogens with zero attached hydrogens (tertiary/aromatic N) is 3. The van der Waals surface area contributed by atoms with Gasteiger partial charge >= 0.3 is 0 Å². The summed E-state index contributed by atoms with van der Waals surface area (Å²) in [6, 6.07) is 13.5. The van der Waals surface area contributed by atoms with E-state index in [-0.39, 0.29) is 6.54 Å². The van der Waals surface area contributed by atoms with Gasteiger partial charge in [0, 0.05) is 16.0 Å². The van der Waals surface area contributed by atoms with Crippen LogP contribution >= 0.6 is 0 Å². The van der Waals surface area contributed by atoms with E-state index in [2.05, 4.69) is 10.0 Å². The van der Waals surface area contributed by atoms with Crippen LogP contribution in [0.4, 0.5) is 0 Å². The minimum Gasteiger partial charge on any atom is -0.496 e. The Morgan fingerprint density at radius 3 is 2.78 bits per heavy atom. The van der Waals surface area contributed by atoms with Crippen molar-refractivity contribution in [2.24, 2.45) is 5.11 Å². The Hall–Kier alpha value is -2.85. The number of azide groups is 1. The summed E-state index contributed by atoms with van der Waals surface area (Å²) in [5.41, 5.74) is 9.66. The molecule has 1 aliphatic rings. The highest BCUT2D eigenvalue weighted by molar-refractivity contribution is 5.78. The van der Waals surface area contributed by atoms with Crippen LogP contribution < -0.4 is 14.2 Å². The van der Waals surface area contributed by atoms with E-state index in [1.165, 1.54) is 0 Å². The molecule has 2 aromatic carbocycles. The van der Waals surface area contributed by atoms with Crippen LogP contribution in [0.5, 0.6) is 17.2 Å². The monoisotopic (exact) mass is 311 g/mol. The van der Waals surface area contributed by atoms with Crippen molar-refractivity contribution in [3.8, 4) is 28.4 Å². The van der Waals surface area contributed by atoms with E-state index >= 15 is 0 Å². The Bertz CT molecular complexity index is 771. The number of methoxy groups -OCH3 is 1. The standard InChI is InChI=1S/C17H17N3O3/c1-17(10-19-20-18)11-22-15-9-5-7-13(16(15)23-17)12-6-3-4-8-14(12)21-2/h3-9H,10-11H2,1-2H3/t17-/m0/s1. The topological polar surface area (TPSA) is 76.5 Å². The Morgan fingerprint density at radius 1 is 1.22 bits per heavy atom. The van der Waals surface area contributed by atoms with Crippen LogP contribution in [0.2, 0.25) is 0 Å². The van der Waals surface area contributed by atoms with Crippen molar-refractivity contribution in [2.45, 2.75) is 12.5 Å². The maximum atomic E-state index is 8.55.